The summed E-state index contributed by atoms with van der Waals surface area (Å²) in [6.07, 6.45) is 0. The van der Waals surface area contributed by atoms with Crippen molar-refractivity contribution in [3.05, 3.63) is 57.6 Å². The standard InChI is InChI=1S/C15H14ClN3OS/c1-19(9-13-3-2-8-21-13)10-14-17-15(18-20-14)11-4-6-12(16)7-5-11/h2-8H,9-10H2,1H3. The number of hydrogen-bond donors (Lipinski definition) is 0. The fourth-order valence-corrected chi connectivity index (χ4v) is 2.90. The van der Waals surface area contributed by atoms with E-state index in [0.717, 1.165) is 12.1 Å². The van der Waals surface area contributed by atoms with Crippen LogP contribution in [0.2, 0.25) is 5.02 Å². The molecule has 108 valence electrons. The first-order valence-corrected chi connectivity index (χ1v) is 7.76. The van der Waals surface area contributed by atoms with Gasteiger partial charge in [-0.2, -0.15) is 4.98 Å². The van der Waals surface area contributed by atoms with Crippen LogP contribution in [-0.4, -0.2) is 22.1 Å². The number of nitrogens with zero attached hydrogens (tertiary/aromatic N) is 3. The average Bonchev–Trinajstić information content (AvgIpc) is 3.11. The Labute approximate surface area is 132 Å². The van der Waals surface area contributed by atoms with Crippen molar-refractivity contribution in [3.8, 4) is 11.4 Å². The maximum Gasteiger partial charge on any atom is 0.241 e. The first-order chi connectivity index (χ1) is 10.2. The lowest BCUT2D eigenvalue weighted by Crippen LogP contribution is -2.16. The Morgan fingerprint density at radius 3 is 2.71 bits per heavy atom. The van der Waals surface area contributed by atoms with Gasteiger partial charge in [-0.1, -0.05) is 22.8 Å². The zero-order valence-corrected chi connectivity index (χ0v) is 13.1. The minimum absolute atomic E-state index is 0.589. The van der Waals surface area contributed by atoms with E-state index >= 15 is 0 Å². The summed E-state index contributed by atoms with van der Waals surface area (Å²) in [5.74, 6) is 1.20. The molecule has 3 rings (SSSR count). The van der Waals surface area contributed by atoms with Crippen molar-refractivity contribution < 1.29 is 4.52 Å². The molecule has 0 saturated carbocycles. The van der Waals surface area contributed by atoms with Gasteiger partial charge in [0, 0.05) is 22.0 Å². The Balaban J connectivity index is 1.66. The Morgan fingerprint density at radius 2 is 2.00 bits per heavy atom. The molecule has 2 aromatic heterocycles. The molecule has 0 unspecified atom stereocenters. The van der Waals surface area contributed by atoms with Crippen molar-refractivity contribution in [1.29, 1.82) is 0 Å². The monoisotopic (exact) mass is 319 g/mol. The molecule has 3 aromatic rings. The number of hydrogen-bond acceptors (Lipinski definition) is 5. The van der Waals surface area contributed by atoms with Gasteiger partial charge in [-0.25, -0.2) is 0 Å². The summed E-state index contributed by atoms with van der Waals surface area (Å²) in [6.45, 7) is 1.49. The first-order valence-electron chi connectivity index (χ1n) is 6.50. The van der Waals surface area contributed by atoms with Crippen molar-refractivity contribution >= 4 is 22.9 Å². The fourth-order valence-electron chi connectivity index (χ4n) is 1.99. The topological polar surface area (TPSA) is 42.2 Å². The predicted octanol–water partition coefficient (Wildman–Crippen LogP) is 4.08. The van der Waals surface area contributed by atoms with Crippen LogP contribution in [-0.2, 0) is 13.1 Å². The Hall–Kier alpha value is -1.69. The molecule has 0 bridgehead atoms. The highest BCUT2D eigenvalue weighted by molar-refractivity contribution is 7.09. The van der Waals surface area contributed by atoms with Crippen molar-refractivity contribution in [2.75, 3.05) is 7.05 Å². The lowest BCUT2D eigenvalue weighted by molar-refractivity contribution is 0.262. The molecule has 4 nitrogen and oxygen atoms in total. The van der Waals surface area contributed by atoms with Gasteiger partial charge < -0.3 is 4.52 Å². The highest BCUT2D eigenvalue weighted by atomic mass is 35.5. The molecule has 0 aliphatic carbocycles. The molecule has 0 atom stereocenters. The molecule has 21 heavy (non-hydrogen) atoms. The molecular formula is C15H14ClN3OS. The third kappa shape index (κ3) is 3.69. The van der Waals surface area contributed by atoms with Crippen LogP contribution in [0.5, 0.6) is 0 Å². The lowest BCUT2D eigenvalue weighted by Gasteiger charge is -2.12. The summed E-state index contributed by atoms with van der Waals surface area (Å²) >= 11 is 7.62. The summed E-state index contributed by atoms with van der Waals surface area (Å²) < 4.78 is 5.31. The summed E-state index contributed by atoms with van der Waals surface area (Å²) in [6, 6.07) is 11.6. The zero-order chi connectivity index (χ0) is 14.7. The highest BCUT2D eigenvalue weighted by Crippen LogP contribution is 2.19. The van der Waals surface area contributed by atoms with Crippen LogP contribution >= 0.6 is 22.9 Å². The van der Waals surface area contributed by atoms with Gasteiger partial charge in [-0.15, -0.1) is 11.3 Å². The molecule has 0 radical (unpaired) electrons. The second-order valence-electron chi connectivity index (χ2n) is 4.77. The Kier molecular flexibility index (Phi) is 4.34. The van der Waals surface area contributed by atoms with E-state index in [-0.39, 0.29) is 0 Å². The van der Waals surface area contributed by atoms with Crippen molar-refractivity contribution in [3.63, 3.8) is 0 Å². The van der Waals surface area contributed by atoms with E-state index in [0.29, 0.717) is 23.3 Å². The zero-order valence-electron chi connectivity index (χ0n) is 11.5. The van der Waals surface area contributed by atoms with Crippen molar-refractivity contribution in [2.24, 2.45) is 0 Å². The largest absolute Gasteiger partial charge is 0.338 e. The van der Waals surface area contributed by atoms with Crippen molar-refractivity contribution in [1.82, 2.24) is 15.0 Å². The number of halogens is 1. The molecule has 0 fully saturated rings. The summed E-state index contributed by atoms with van der Waals surface area (Å²) in [4.78, 5) is 7.88. The number of rotatable bonds is 5. The Bertz CT molecular complexity index is 694. The second-order valence-corrected chi connectivity index (χ2v) is 6.24. The van der Waals surface area contributed by atoms with E-state index in [1.54, 1.807) is 11.3 Å². The summed E-state index contributed by atoms with van der Waals surface area (Å²) in [5, 5.41) is 6.78. The molecule has 1 aromatic carbocycles. The Morgan fingerprint density at radius 1 is 1.19 bits per heavy atom. The van der Waals surface area contributed by atoms with E-state index in [2.05, 4.69) is 32.6 Å². The highest BCUT2D eigenvalue weighted by Gasteiger charge is 2.11. The molecule has 0 N–H and O–H groups in total. The van der Waals surface area contributed by atoms with Crippen LogP contribution in [0.15, 0.2) is 46.3 Å². The fraction of sp³-hybridized carbons (Fsp3) is 0.200. The maximum absolute atomic E-state index is 5.87. The normalized spacial score (nSPS) is 11.2. The SMILES string of the molecule is CN(Cc1nc(-c2ccc(Cl)cc2)no1)Cc1cccs1. The molecule has 6 heteroatoms. The number of aromatic nitrogens is 2. The number of benzene rings is 1. The van der Waals surface area contributed by atoms with Crippen LogP contribution in [0.1, 0.15) is 10.8 Å². The second kappa shape index (κ2) is 6.39. The first kappa shape index (κ1) is 14.3. The van der Waals surface area contributed by atoms with E-state index in [1.165, 1.54) is 4.88 Å². The lowest BCUT2D eigenvalue weighted by atomic mass is 10.2. The van der Waals surface area contributed by atoms with E-state index < -0.39 is 0 Å². The van der Waals surface area contributed by atoms with Crippen LogP contribution < -0.4 is 0 Å². The van der Waals surface area contributed by atoms with E-state index in [4.69, 9.17) is 16.1 Å². The van der Waals surface area contributed by atoms with Crippen molar-refractivity contribution in [2.45, 2.75) is 13.1 Å². The van der Waals surface area contributed by atoms with Gasteiger partial charge in [0.05, 0.1) is 6.54 Å². The van der Waals surface area contributed by atoms with Gasteiger partial charge in [0.2, 0.25) is 11.7 Å². The number of thiophene rings is 1. The van der Waals surface area contributed by atoms with E-state index in [9.17, 15) is 0 Å². The molecule has 2 heterocycles. The van der Waals surface area contributed by atoms with Gasteiger partial charge in [0.25, 0.3) is 0 Å². The van der Waals surface area contributed by atoms with E-state index in [1.807, 2.05) is 31.3 Å². The molecular weight excluding hydrogens is 306 g/mol. The van der Waals surface area contributed by atoms with Crippen LogP contribution in [0.25, 0.3) is 11.4 Å². The minimum Gasteiger partial charge on any atom is -0.338 e. The molecule has 0 aliphatic rings. The maximum atomic E-state index is 5.87. The van der Waals surface area contributed by atoms with Gasteiger partial charge >= 0.3 is 0 Å². The predicted molar refractivity (Wildman–Crippen MR) is 84.2 cm³/mol. The van der Waals surface area contributed by atoms with Crippen LogP contribution in [0.4, 0.5) is 0 Å². The molecule has 0 spiro atoms. The van der Waals surface area contributed by atoms with Gasteiger partial charge in [-0.3, -0.25) is 4.90 Å². The third-order valence-corrected chi connectivity index (χ3v) is 4.09. The molecule has 0 aliphatic heterocycles. The van der Waals surface area contributed by atoms with Gasteiger partial charge in [0.15, 0.2) is 0 Å². The van der Waals surface area contributed by atoms with Crippen LogP contribution in [0, 0.1) is 0 Å². The average molecular weight is 320 g/mol. The molecule has 0 amide bonds. The third-order valence-electron chi connectivity index (χ3n) is 2.98. The minimum atomic E-state index is 0.589. The quantitative estimate of drug-likeness (QED) is 0.710. The summed E-state index contributed by atoms with van der Waals surface area (Å²) in [7, 11) is 2.03. The summed E-state index contributed by atoms with van der Waals surface area (Å²) in [5.41, 5.74) is 0.898. The van der Waals surface area contributed by atoms with Gasteiger partial charge in [0.1, 0.15) is 0 Å². The smallest absolute Gasteiger partial charge is 0.241 e. The van der Waals surface area contributed by atoms with Crippen LogP contribution in [0.3, 0.4) is 0 Å². The van der Waals surface area contributed by atoms with Gasteiger partial charge in [-0.05, 0) is 42.8 Å². The molecule has 0 saturated heterocycles.